The van der Waals surface area contributed by atoms with Crippen LogP contribution in [-0.4, -0.2) is 45.6 Å². The number of amides is 2. The SMILES string of the molecule is Cn1nc(C(C)(C)C)cc1C(=O)N1CCNC(=O)C1Cc1ccc(-c2cccs2)cc1. The molecule has 2 amide bonds. The van der Waals surface area contributed by atoms with Crippen LogP contribution in [0, 0.1) is 0 Å². The number of thiophene rings is 1. The van der Waals surface area contributed by atoms with E-state index in [0.717, 1.165) is 16.8 Å². The van der Waals surface area contributed by atoms with Crippen LogP contribution in [0.15, 0.2) is 47.8 Å². The van der Waals surface area contributed by atoms with Crippen LogP contribution in [0.1, 0.15) is 42.5 Å². The predicted octanol–water partition coefficient (Wildman–Crippen LogP) is 3.63. The predicted molar refractivity (Wildman–Crippen MR) is 123 cm³/mol. The molecule has 0 aliphatic carbocycles. The Morgan fingerprint density at radius 2 is 1.97 bits per heavy atom. The second-order valence-corrected chi connectivity index (χ2v) is 9.92. The zero-order valence-electron chi connectivity index (χ0n) is 18.4. The minimum atomic E-state index is -0.540. The standard InChI is InChI=1S/C24H28N4O2S/c1-24(2,3)21-15-19(27(4)26-21)23(30)28-12-11-25-22(29)18(28)14-16-7-9-17(10-8-16)20-6-5-13-31-20/h5-10,13,15,18H,11-12,14H2,1-4H3,(H,25,29). The molecule has 3 aromatic rings. The smallest absolute Gasteiger partial charge is 0.272 e. The molecule has 162 valence electrons. The van der Waals surface area contributed by atoms with E-state index in [9.17, 15) is 9.59 Å². The molecule has 6 nitrogen and oxygen atoms in total. The Morgan fingerprint density at radius 3 is 2.58 bits per heavy atom. The summed E-state index contributed by atoms with van der Waals surface area (Å²) in [7, 11) is 1.78. The van der Waals surface area contributed by atoms with Crippen LogP contribution in [0.5, 0.6) is 0 Å². The number of benzene rings is 1. The maximum absolute atomic E-state index is 13.4. The third-order valence-corrected chi connectivity index (χ3v) is 6.57. The molecule has 4 rings (SSSR count). The average molecular weight is 437 g/mol. The van der Waals surface area contributed by atoms with Gasteiger partial charge < -0.3 is 10.2 Å². The Bertz CT molecular complexity index is 1080. The van der Waals surface area contributed by atoms with Crippen molar-refractivity contribution in [2.45, 2.75) is 38.6 Å². The van der Waals surface area contributed by atoms with Gasteiger partial charge in [0.15, 0.2) is 0 Å². The van der Waals surface area contributed by atoms with Gasteiger partial charge in [-0.15, -0.1) is 11.3 Å². The summed E-state index contributed by atoms with van der Waals surface area (Å²) in [6.07, 6.45) is 0.478. The third kappa shape index (κ3) is 4.42. The van der Waals surface area contributed by atoms with Crippen molar-refractivity contribution in [1.82, 2.24) is 20.0 Å². The van der Waals surface area contributed by atoms with Crippen molar-refractivity contribution < 1.29 is 9.59 Å². The highest BCUT2D eigenvalue weighted by molar-refractivity contribution is 7.13. The van der Waals surface area contributed by atoms with Gasteiger partial charge in [-0.2, -0.15) is 5.10 Å². The van der Waals surface area contributed by atoms with Gasteiger partial charge in [-0.3, -0.25) is 14.3 Å². The fourth-order valence-electron chi connectivity index (χ4n) is 3.81. The second-order valence-electron chi connectivity index (χ2n) is 8.97. The van der Waals surface area contributed by atoms with E-state index in [4.69, 9.17) is 0 Å². The highest BCUT2D eigenvalue weighted by atomic mass is 32.1. The summed E-state index contributed by atoms with van der Waals surface area (Å²) in [6, 6.07) is 13.7. The third-order valence-electron chi connectivity index (χ3n) is 5.65. The van der Waals surface area contributed by atoms with E-state index in [1.807, 2.05) is 24.3 Å². The zero-order chi connectivity index (χ0) is 22.2. The normalized spacial score (nSPS) is 17.0. The van der Waals surface area contributed by atoms with Gasteiger partial charge in [0.1, 0.15) is 11.7 Å². The molecule has 7 heteroatoms. The van der Waals surface area contributed by atoms with Crippen LogP contribution < -0.4 is 5.32 Å². The van der Waals surface area contributed by atoms with Crippen molar-refractivity contribution in [1.29, 1.82) is 0 Å². The maximum atomic E-state index is 13.4. The molecular formula is C24H28N4O2S. The quantitative estimate of drug-likeness (QED) is 0.679. The molecule has 1 aliphatic heterocycles. The molecule has 0 saturated carbocycles. The molecule has 1 unspecified atom stereocenters. The van der Waals surface area contributed by atoms with Gasteiger partial charge in [0.25, 0.3) is 5.91 Å². The van der Waals surface area contributed by atoms with E-state index < -0.39 is 6.04 Å². The molecule has 0 bridgehead atoms. The summed E-state index contributed by atoms with van der Waals surface area (Å²) in [6.45, 7) is 7.16. The number of carbonyl (C=O) groups excluding carboxylic acids is 2. The van der Waals surface area contributed by atoms with E-state index in [1.54, 1.807) is 28.0 Å². The topological polar surface area (TPSA) is 67.2 Å². The molecule has 0 radical (unpaired) electrons. The van der Waals surface area contributed by atoms with Crippen LogP contribution in [-0.2, 0) is 23.7 Å². The minimum absolute atomic E-state index is 0.111. The Morgan fingerprint density at radius 1 is 1.23 bits per heavy atom. The van der Waals surface area contributed by atoms with Crippen molar-refractivity contribution >= 4 is 23.2 Å². The lowest BCUT2D eigenvalue weighted by atomic mass is 9.92. The number of hydrogen-bond donors (Lipinski definition) is 1. The van der Waals surface area contributed by atoms with Crippen molar-refractivity contribution in [2.24, 2.45) is 7.05 Å². The number of nitrogens with zero attached hydrogens (tertiary/aromatic N) is 3. The molecule has 1 N–H and O–H groups in total. The molecule has 3 heterocycles. The largest absolute Gasteiger partial charge is 0.353 e. The summed E-state index contributed by atoms with van der Waals surface area (Å²) in [5, 5.41) is 9.50. The van der Waals surface area contributed by atoms with Crippen molar-refractivity contribution in [2.75, 3.05) is 13.1 Å². The molecule has 1 aliphatic rings. The summed E-state index contributed by atoms with van der Waals surface area (Å²) < 4.78 is 1.63. The van der Waals surface area contributed by atoms with Crippen molar-refractivity contribution in [3.63, 3.8) is 0 Å². The number of rotatable bonds is 4. The van der Waals surface area contributed by atoms with Crippen LogP contribution in [0.2, 0.25) is 0 Å². The molecule has 0 spiro atoms. The summed E-state index contributed by atoms with van der Waals surface area (Å²) in [4.78, 5) is 29.0. The molecule has 1 atom stereocenters. The lowest BCUT2D eigenvalue weighted by Crippen LogP contribution is -2.58. The summed E-state index contributed by atoms with van der Waals surface area (Å²) in [5.74, 6) is -0.263. The lowest BCUT2D eigenvalue weighted by Gasteiger charge is -2.35. The van der Waals surface area contributed by atoms with E-state index in [0.29, 0.717) is 25.2 Å². The highest BCUT2D eigenvalue weighted by Crippen LogP contribution is 2.26. The van der Waals surface area contributed by atoms with Gasteiger partial charge in [0, 0.05) is 36.9 Å². The van der Waals surface area contributed by atoms with E-state index >= 15 is 0 Å². The number of hydrogen-bond acceptors (Lipinski definition) is 4. The Hall–Kier alpha value is -2.93. The average Bonchev–Trinajstić information content (AvgIpc) is 3.39. The first-order chi connectivity index (χ1) is 14.7. The lowest BCUT2D eigenvalue weighted by molar-refractivity contribution is -0.127. The van der Waals surface area contributed by atoms with E-state index in [-0.39, 0.29) is 17.2 Å². The Kier molecular flexibility index (Phi) is 5.71. The highest BCUT2D eigenvalue weighted by Gasteiger charge is 2.35. The van der Waals surface area contributed by atoms with Crippen LogP contribution >= 0.6 is 11.3 Å². The molecular weight excluding hydrogens is 408 g/mol. The van der Waals surface area contributed by atoms with Crippen molar-refractivity contribution in [3.05, 3.63) is 64.8 Å². The summed E-state index contributed by atoms with van der Waals surface area (Å²) >= 11 is 1.70. The number of piperazine rings is 1. The minimum Gasteiger partial charge on any atom is -0.353 e. The Labute approximate surface area is 186 Å². The number of aryl methyl sites for hydroxylation is 1. The van der Waals surface area contributed by atoms with Gasteiger partial charge >= 0.3 is 0 Å². The molecule has 1 saturated heterocycles. The molecule has 2 aromatic heterocycles. The first-order valence-electron chi connectivity index (χ1n) is 10.5. The van der Waals surface area contributed by atoms with E-state index in [2.05, 4.69) is 54.8 Å². The first kappa shape index (κ1) is 21.3. The van der Waals surface area contributed by atoms with Gasteiger partial charge in [-0.05, 0) is 28.6 Å². The molecule has 1 fully saturated rings. The molecule has 1 aromatic carbocycles. The fourth-order valence-corrected chi connectivity index (χ4v) is 4.55. The van der Waals surface area contributed by atoms with Crippen molar-refractivity contribution in [3.8, 4) is 10.4 Å². The fraction of sp³-hybridized carbons (Fsp3) is 0.375. The monoisotopic (exact) mass is 436 g/mol. The number of carbonyl (C=O) groups is 2. The maximum Gasteiger partial charge on any atom is 0.272 e. The van der Waals surface area contributed by atoms with Crippen LogP contribution in [0.25, 0.3) is 10.4 Å². The zero-order valence-corrected chi connectivity index (χ0v) is 19.2. The van der Waals surface area contributed by atoms with Gasteiger partial charge in [-0.25, -0.2) is 0 Å². The van der Waals surface area contributed by atoms with Gasteiger partial charge in [0.2, 0.25) is 5.91 Å². The second kappa shape index (κ2) is 8.30. The molecule has 31 heavy (non-hydrogen) atoms. The van der Waals surface area contributed by atoms with Gasteiger partial charge in [-0.1, -0.05) is 51.1 Å². The van der Waals surface area contributed by atoms with E-state index in [1.165, 1.54) is 4.88 Å². The first-order valence-corrected chi connectivity index (χ1v) is 11.4. The Balaban J connectivity index is 1.57. The van der Waals surface area contributed by atoms with Crippen LogP contribution in [0.3, 0.4) is 0 Å². The summed E-state index contributed by atoms with van der Waals surface area (Å²) in [5.41, 5.74) is 3.40. The number of nitrogens with one attached hydrogen (secondary N) is 1. The van der Waals surface area contributed by atoms with Gasteiger partial charge in [0.05, 0.1) is 5.69 Å². The number of aromatic nitrogens is 2. The van der Waals surface area contributed by atoms with Crippen LogP contribution in [0.4, 0.5) is 0 Å².